The molecule has 4 aromatic rings. The van der Waals surface area contributed by atoms with Gasteiger partial charge in [-0.15, -0.1) is 0 Å². The molecule has 1 N–H and O–H groups in total. The van der Waals surface area contributed by atoms with Gasteiger partial charge in [0.1, 0.15) is 22.7 Å². The van der Waals surface area contributed by atoms with Crippen molar-refractivity contribution < 1.29 is 22.7 Å². The molecule has 0 aliphatic carbocycles. The second-order valence-electron chi connectivity index (χ2n) is 6.00. The SMILES string of the molecule is Cc1cc(=O)oc2cc(OCC(=O)Nc3nc4c(F)cc(F)cc4s3)ccc12. The van der Waals surface area contributed by atoms with E-state index in [0.717, 1.165) is 34.4 Å². The lowest BCUT2D eigenvalue weighted by Gasteiger charge is -2.07. The molecule has 1 amide bonds. The summed E-state index contributed by atoms with van der Waals surface area (Å²) in [7, 11) is 0. The van der Waals surface area contributed by atoms with E-state index in [1.165, 1.54) is 12.1 Å². The van der Waals surface area contributed by atoms with E-state index in [1.807, 2.05) is 0 Å². The van der Waals surface area contributed by atoms with Crippen molar-refractivity contribution in [3.8, 4) is 5.75 Å². The minimum atomic E-state index is -0.795. The maximum Gasteiger partial charge on any atom is 0.336 e. The Balaban J connectivity index is 1.46. The lowest BCUT2D eigenvalue weighted by atomic mass is 10.1. The van der Waals surface area contributed by atoms with Crippen LogP contribution in [0.1, 0.15) is 5.56 Å². The molecule has 2 aromatic heterocycles. The average Bonchev–Trinajstić information content (AvgIpc) is 3.02. The molecule has 0 saturated carbocycles. The van der Waals surface area contributed by atoms with Crippen molar-refractivity contribution in [2.45, 2.75) is 6.92 Å². The number of thiazole rings is 1. The Bertz CT molecular complexity index is 1280. The minimum Gasteiger partial charge on any atom is -0.484 e. The quantitative estimate of drug-likeness (QED) is 0.522. The maximum atomic E-state index is 13.7. The lowest BCUT2D eigenvalue weighted by molar-refractivity contribution is -0.118. The van der Waals surface area contributed by atoms with Crippen LogP contribution in [0.4, 0.5) is 13.9 Å². The Hall–Kier alpha value is -3.33. The first-order valence-corrected chi connectivity index (χ1v) is 8.93. The number of nitrogens with one attached hydrogen (secondary N) is 1. The second-order valence-corrected chi connectivity index (χ2v) is 7.03. The monoisotopic (exact) mass is 402 g/mol. The number of aryl methyl sites for hydroxylation is 1. The van der Waals surface area contributed by atoms with Crippen molar-refractivity contribution in [1.29, 1.82) is 0 Å². The van der Waals surface area contributed by atoms with Gasteiger partial charge in [0, 0.05) is 23.6 Å². The third kappa shape index (κ3) is 3.56. The molecule has 0 spiro atoms. The summed E-state index contributed by atoms with van der Waals surface area (Å²) in [6, 6.07) is 8.17. The van der Waals surface area contributed by atoms with Crippen LogP contribution in [-0.4, -0.2) is 17.5 Å². The molecule has 2 aromatic carbocycles. The molecule has 0 aliphatic heterocycles. The summed E-state index contributed by atoms with van der Waals surface area (Å²) in [5.74, 6) is -1.69. The highest BCUT2D eigenvalue weighted by Gasteiger charge is 2.13. The Morgan fingerprint density at radius 3 is 2.89 bits per heavy atom. The van der Waals surface area contributed by atoms with Crippen LogP contribution in [0.25, 0.3) is 21.2 Å². The Morgan fingerprint density at radius 1 is 1.25 bits per heavy atom. The summed E-state index contributed by atoms with van der Waals surface area (Å²) in [6.45, 7) is 1.45. The number of aromatic nitrogens is 1. The molecule has 4 rings (SSSR count). The van der Waals surface area contributed by atoms with E-state index in [0.29, 0.717) is 11.3 Å². The number of rotatable bonds is 4. The van der Waals surface area contributed by atoms with E-state index in [4.69, 9.17) is 9.15 Å². The van der Waals surface area contributed by atoms with Gasteiger partial charge in [-0.2, -0.15) is 0 Å². The minimum absolute atomic E-state index is 0.0115. The number of carbonyl (C=O) groups is 1. The van der Waals surface area contributed by atoms with Gasteiger partial charge in [0.05, 0.1) is 4.70 Å². The van der Waals surface area contributed by atoms with Crippen molar-refractivity contribution in [3.63, 3.8) is 0 Å². The zero-order valence-electron chi connectivity index (χ0n) is 14.4. The number of fused-ring (bicyclic) bond motifs is 2. The van der Waals surface area contributed by atoms with Crippen molar-refractivity contribution in [2.75, 3.05) is 11.9 Å². The Morgan fingerprint density at radius 2 is 2.07 bits per heavy atom. The van der Waals surface area contributed by atoms with Gasteiger partial charge in [-0.1, -0.05) is 11.3 Å². The largest absolute Gasteiger partial charge is 0.484 e. The van der Waals surface area contributed by atoms with E-state index in [9.17, 15) is 18.4 Å². The molecule has 0 unspecified atom stereocenters. The van der Waals surface area contributed by atoms with E-state index in [1.54, 1.807) is 19.1 Å². The molecular weight excluding hydrogens is 390 g/mol. The lowest BCUT2D eigenvalue weighted by Crippen LogP contribution is -2.20. The number of halogens is 2. The first-order valence-electron chi connectivity index (χ1n) is 8.12. The third-order valence-electron chi connectivity index (χ3n) is 3.95. The van der Waals surface area contributed by atoms with E-state index >= 15 is 0 Å². The molecular formula is C19H12F2N2O4S. The summed E-state index contributed by atoms with van der Waals surface area (Å²) in [4.78, 5) is 27.5. The molecule has 0 radical (unpaired) electrons. The molecule has 0 bridgehead atoms. The van der Waals surface area contributed by atoms with Crippen LogP contribution in [0.2, 0.25) is 0 Å². The van der Waals surface area contributed by atoms with Crippen molar-refractivity contribution in [1.82, 2.24) is 4.98 Å². The highest BCUT2D eigenvalue weighted by molar-refractivity contribution is 7.22. The molecule has 6 nitrogen and oxygen atoms in total. The number of carbonyl (C=O) groups excluding carboxylic acids is 1. The van der Waals surface area contributed by atoms with Gasteiger partial charge >= 0.3 is 5.63 Å². The number of anilines is 1. The van der Waals surface area contributed by atoms with Crippen LogP contribution >= 0.6 is 11.3 Å². The van der Waals surface area contributed by atoms with Gasteiger partial charge in [0.15, 0.2) is 17.6 Å². The number of nitrogens with zero attached hydrogens (tertiary/aromatic N) is 1. The Kier molecular flexibility index (Phi) is 4.52. The molecule has 0 saturated heterocycles. The highest BCUT2D eigenvalue weighted by atomic mass is 32.1. The van der Waals surface area contributed by atoms with Crippen LogP contribution < -0.4 is 15.7 Å². The number of benzene rings is 2. The molecule has 142 valence electrons. The molecule has 0 fully saturated rings. The van der Waals surface area contributed by atoms with Crippen molar-refractivity contribution in [2.24, 2.45) is 0 Å². The highest BCUT2D eigenvalue weighted by Crippen LogP contribution is 2.28. The fraction of sp³-hybridized carbons (Fsp3) is 0.105. The van der Waals surface area contributed by atoms with Crippen LogP contribution in [0.3, 0.4) is 0 Å². The van der Waals surface area contributed by atoms with Gasteiger partial charge in [0.25, 0.3) is 5.91 Å². The normalized spacial score (nSPS) is 11.1. The van der Waals surface area contributed by atoms with Crippen LogP contribution in [0.5, 0.6) is 5.75 Å². The first kappa shape index (κ1) is 18.1. The molecule has 0 atom stereocenters. The molecule has 0 aliphatic rings. The summed E-state index contributed by atoms with van der Waals surface area (Å²) >= 11 is 0.952. The third-order valence-corrected chi connectivity index (χ3v) is 4.87. The predicted octanol–water partition coefficient (Wildman–Crippen LogP) is 4.01. The first-order chi connectivity index (χ1) is 13.4. The van der Waals surface area contributed by atoms with E-state index in [2.05, 4.69) is 10.3 Å². The fourth-order valence-corrected chi connectivity index (χ4v) is 3.63. The van der Waals surface area contributed by atoms with Gasteiger partial charge in [-0.05, 0) is 30.7 Å². The topological polar surface area (TPSA) is 81.4 Å². The molecule has 28 heavy (non-hydrogen) atoms. The number of ether oxygens (including phenoxy) is 1. The van der Waals surface area contributed by atoms with Gasteiger partial charge in [0.2, 0.25) is 0 Å². The van der Waals surface area contributed by atoms with Crippen molar-refractivity contribution >= 4 is 43.6 Å². The number of amides is 1. The van der Waals surface area contributed by atoms with E-state index in [-0.39, 0.29) is 22.0 Å². The van der Waals surface area contributed by atoms with Gasteiger partial charge in [-0.25, -0.2) is 18.6 Å². The fourth-order valence-electron chi connectivity index (χ4n) is 2.71. The zero-order valence-corrected chi connectivity index (χ0v) is 15.2. The van der Waals surface area contributed by atoms with Gasteiger partial charge < -0.3 is 9.15 Å². The number of hydrogen-bond donors (Lipinski definition) is 1. The predicted molar refractivity (Wildman–Crippen MR) is 101 cm³/mol. The number of hydrogen-bond acceptors (Lipinski definition) is 6. The second kappa shape index (κ2) is 7.01. The smallest absolute Gasteiger partial charge is 0.336 e. The summed E-state index contributed by atoms with van der Waals surface area (Å²) < 4.78 is 37.8. The standard InChI is InChI=1S/C19H12F2N2O4S/c1-9-4-17(25)27-14-7-11(2-3-12(9)14)26-8-16(24)22-19-23-18-13(21)5-10(20)6-15(18)28-19/h2-7H,8H2,1H3,(H,22,23,24). The summed E-state index contributed by atoms with van der Waals surface area (Å²) in [5, 5.41) is 3.38. The zero-order chi connectivity index (χ0) is 19.8. The van der Waals surface area contributed by atoms with Crippen molar-refractivity contribution in [3.05, 3.63) is 64.0 Å². The summed E-state index contributed by atoms with van der Waals surface area (Å²) in [5.41, 5.74) is 0.642. The summed E-state index contributed by atoms with van der Waals surface area (Å²) in [6.07, 6.45) is 0. The van der Waals surface area contributed by atoms with E-state index < -0.39 is 23.2 Å². The van der Waals surface area contributed by atoms with Crippen LogP contribution in [0.15, 0.2) is 45.6 Å². The molecule has 9 heteroatoms. The van der Waals surface area contributed by atoms with Crippen LogP contribution in [-0.2, 0) is 4.79 Å². The van der Waals surface area contributed by atoms with Crippen LogP contribution in [0, 0.1) is 18.6 Å². The Labute approximate surface area is 160 Å². The molecule has 2 heterocycles. The van der Waals surface area contributed by atoms with Gasteiger partial charge in [-0.3, -0.25) is 10.1 Å². The average molecular weight is 402 g/mol. The maximum absolute atomic E-state index is 13.7.